The Morgan fingerprint density at radius 2 is 1.72 bits per heavy atom. The summed E-state index contributed by atoms with van der Waals surface area (Å²) in [4.78, 5) is 11.4. The lowest BCUT2D eigenvalue weighted by atomic mass is 9.96. The van der Waals surface area contributed by atoms with Gasteiger partial charge in [-0.25, -0.2) is 9.97 Å². The third-order valence-corrected chi connectivity index (χ3v) is 5.44. The highest BCUT2D eigenvalue weighted by atomic mass is 16.5. The van der Waals surface area contributed by atoms with Crippen LogP contribution in [-0.2, 0) is 4.74 Å². The summed E-state index contributed by atoms with van der Waals surface area (Å²) in [6.45, 7) is 3.50. The van der Waals surface area contributed by atoms with Crippen molar-refractivity contribution in [2.45, 2.75) is 51.0 Å². The second kappa shape index (κ2) is 8.00. The molecule has 1 aromatic carbocycles. The summed E-state index contributed by atoms with van der Waals surface area (Å²) in [5, 5.41) is 4.86. The van der Waals surface area contributed by atoms with Crippen LogP contribution in [0.15, 0.2) is 24.5 Å². The summed E-state index contributed by atoms with van der Waals surface area (Å²) >= 11 is 0. The second-order valence-electron chi connectivity index (χ2n) is 7.21. The maximum absolute atomic E-state index is 5.48. The summed E-state index contributed by atoms with van der Waals surface area (Å²) < 4.78 is 5.48. The summed E-state index contributed by atoms with van der Waals surface area (Å²) in [5.41, 5.74) is 2.26. The van der Waals surface area contributed by atoms with Gasteiger partial charge in [-0.1, -0.05) is 32.1 Å². The van der Waals surface area contributed by atoms with Gasteiger partial charge < -0.3 is 15.0 Å². The van der Waals surface area contributed by atoms with Gasteiger partial charge in [-0.05, 0) is 31.0 Å². The minimum Gasteiger partial charge on any atom is -0.378 e. The van der Waals surface area contributed by atoms with Gasteiger partial charge in [0, 0.05) is 30.2 Å². The summed E-state index contributed by atoms with van der Waals surface area (Å²) in [5.74, 6) is 0.991. The van der Waals surface area contributed by atoms with E-state index in [4.69, 9.17) is 4.74 Å². The average molecular weight is 340 g/mol. The van der Waals surface area contributed by atoms with Crippen LogP contribution in [0.3, 0.4) is 0 Å². The lowest BCUT2D eigenvalue weighted by molar-refractivity contribution is 0.122. The predicted octanol–water partition coefficient (Wildman–Crippen LogP) is 3.99. The van der Waals surface area contributed by atoms with Crippen LogP contribution in [0.4, 0.5) is 11.5 Å². The molecule has 1 N–H and O–H groups in total. The number of hydrogen-bond donors (Lipinski definition) is 1. The molecular weight excluding hydrogens is 312 g/mol. The second-order valence-corrected chi connectivity index (χ2v) is 7.21. The number of benzene rings is 1. The smallest absolute Gasteiger partial charge is 0.137 e. The van der Waals surface area contributed by atoms with Gasteiger partial charge in [-0.2, -0.15) is 0 Å². The van der Waals surface area contributed by atoms with Crippen LogP contribution in [-0.4, -0.2) is 42.3 Å². The number of aromatic nitrogens is 2. The Morgan fingerprint density at radius 1 is 0.960 bits per heavy atom. The Balaban J connectivity index is 1.58. The Morgan fingerprint density at radius 3 is 2.52 bits per heavy atom. The molecule has 2 fully saturated rings. The van der Waals surface area contributed by atoms with Gasteiger partial charge in [-0.3, -0.25) is 0 Å². The van der Waals surface area contributed by atoms with E-state index in [9.17, 15) is 0 Å². The first-order valence-corrected chi connectivity index (χ1v) is 9.74. The maximum atomic E-state index is 5.48. The van der Waals surface area contributed by atoms with Gasteiger partial charge in [0.1, 0.15) is 12.1 Å². The SMILES string of the molecule is c1nc(NC2CCCCCCC2)c2cc(N3CCOCC3)ccc2n1. The number of morpholine rings is 1. The van der Waals surface area contributed by atoms with Gasteiger partial charge in [-0.15, -0.1) is 0 Å². The van der Waals surface area contributed by atoms with E-state index in [-0.39, 0.29) is 0 Å². The zero-order valence-electron chi connectivity index (χ0n) is 14.9. The highest BCUT2D eigenvalue weighted by Crippen LogP contribution is 2.28. The minimum absolute atomic E-state index is 0.533. The molecule has 0 radical (unpaired) electrons. The first-order valence-electron chi connectivity index (χ1n) is 9.74. The lowest BCUT2D eigenvalue weighted by Crippen LogP contribution is -2.36. The van der Waals surface area contributed by atoms with Crippen molar-refractivity contribution in [2.75, 3.05) is 36.5 Å². The Bertz CT molecular complexity index is 691. The van der Waals surface area contributed by atoms with Gasteiger partial charge in [0.05, 0.1) is 18.7 Å². The first kappa shape index (κ1) is 16.6. The van der Waals surface area contributed by atoms with Crippen molar-refractivity contribution >= 4 is 22.4 Å². The largest absolute Gasteiger partial charge is 0.378 e. The Hall–Kier alpha value is -1.88. The van der Waals surface area contributed by atoms with Crippen molar-refractivity contribution in [3.8, 4) is 0 Å². The highest BCUT2D eigenvalue weighted by molar-refractivity contribution is 5.91. The number of hydrogen-bond acceptors (Lipinski definition) is 5. The molecule has 2 aliphatic rings. The molecule has 0 amide bonds. The number of fused-ring (bicyclic) bond motifs is 1. The molecule has 1 saturated heterocycles. The third-order valence-electron chi connectivity index (χ3n) is 5.44. The highest BCUT2D eigenvalue weighted by Gasteiger charge is 2.16. The molecule has 5 heteroatoms. The predicted molar refractivity (Wildman–Crippen MR) is 102 cm³/mol. The van der Waals surface area contributed by atoms with Crippen molar-refractivity contribution in [1.29, 1.82) is 0 Å². The summed E-state index contributed by atoms with van der Waals surface area (Å²) in [6, 6.07) is 7.06. The standard InChI is InChI=1S/C20H28N4O/c1-2-4-6-16(7-5-3-1)23-20-18-14-17(24-10-12-25-13-11-24)8-9-19(18)21-15-22-20/h8-9,14-16H,1-7,10-13H2,(H,21,22,23). The third kappa shape index (κ3) is 4.03. The van der Waals surface area contributed by atoms with E-state index in [1.807, 2.05) is 0 Å². The van der Waals surface area contributed by atoms with Gasteiger partial charge >= 0.3 is 0 Å². The van der Waals surface area contributed by atoms with E-state index < -0.39 is 0 Å². The quantitative estimate of drug-likeness (QED) is 0.915. The number of nitrogens with zero attached hydrogens (tertiary/aromatic N) is 3. The van der Waals surface area contributed by atoms with Crippen LogP contribution >= 0.6 is 0 Å². The molecule has 1 aliphatic carbocycles. The molecule has 5 nitrogen and oxygen atoms in total. The maximum Gasteiger partial charge on any atom is 0.137 e. The molecule has 25 heavy (non-hydrogen) atoms. The fraction of sp³-hybridized carbons (Fsp3) is 0.600. The van der Waals surface area contributed by atoms with Crippen molar-refractivity contribution < 1.29 is 4.74 Å². The van der Waals surface area contributed by atoms with Crippen molar-refractivity contribution in [1.82, 2.24) is 9.97 Å². The molecule has 0 atom stereocenters. The number of anilines is 2. The fourth-order valence-corrected chi connectivity index (χ4v) is 3.97. The van der Waals surface area contributed by atoms with E-state index in [1.165, 1.54) is 50.6 Å². The molecule has 2 heterocycles. The van der Waals surface area contributed by atoms with Crippen molar-refractivity contribution in [2.24, 2.45) is 0 Å². The van der Waals surface area contributed by atoms with Crippen LogP contribution in [0.5, 0.6) is 0 Å². The normalized spacial score (nSPS) is 20.2. The van der Waals surface area contributed by atoms with E-state index in [0.717, 1.165) is 43.0 Å². The van der Waals surface area contributed by atoms with E-state index in [2.05, 4.69) is 38.4 Å². The fourth-order valence-electron chi connectivity index (χ4n) is 3.97. The average Bonchev–Trinajstić information content (AvgIpc) is 2.64. The van der Waals surface area contributed by atoms with Crippen LogP contribution < -0.4 is 10.2 Å². The minimum atomic E-state index is 0.533. The first-order chi connectivity index (χ1) is 12.4. The van der Waals surface area contributed by atoms with Crippen molar-refractivity contribution in [3.63, 3.8) is 0 Å². The topological polar surface area (TPSA) is 50.3 Å². The van der Waals surface area contributed by atoms with Crippen LogP contribution in [0, 0.1) is 0 Å². The Kier molecular flexibility index (Phi) is 5.31. The molecule has 2 aromatic rings. The van der Waals surface area contributed by atoms with E-state index >= 15 is 0 Å². The molecule has 0 bridgehead atoms. The van der Waals surface area contributed by atoms with Crippen LogP contribution in [0.2, 0.25) is 0 Å². The van der Waals surface area contributed by atoms with Gasteiger partial charge in [0.25, 0.3) is 0 Å². The molecule has 0 unspecified atom stereocenters. The molecule has 0 spiro atoms. The van der Waals surface area contributed by atoms with Crippen LogP contribution in [0.25, 0.3) is 10.9 Å². The number of nitrogens with one attached hydrogen (secondary N) is 1. The molecule has 1 aliphatic heterocycles. The van der Waals surface area contributed by atoms with Gasteiger partial charge in [0.15, 0.2) is 0 Å². The Labute approximate surface area is 149 Å². The summed E-state index contributed by atoms with van der Waals surface area (Å²) in [7, 11) is 0. The molecule has 1 aromatic heterocycles. The summed E-state index contributed by atoms with van der Waals surface area (Å²) in [6.07, 6.45) is 10.9. The lowest BCUT2D eigenvalue weighted by Gasteiger charge is -2.29. The number of ether oxygens (including phenoxy) is 1. The van der Waals surface area contributed by atoms with Gasteiger partial charge in [0.2, 0.25) is 0 Å². The zero-order chi connectivity index (χ0) is 16.9. The van der Waals surface area contributed by atoms with Crippen LogP contribution in [0.1, 0.15) is 44.9 Å². The molecule has 1 saturated carbocycles. The van der Waals surface area contributed by atoms with E-state index in [0.29, 0.717) is 6.04 Å². The van der Waals surface area contributed by atoms with E-state index in [1.54, 1.807) is 6.33 Å². The molecule has 134 valence electrons. The monoisotopic (exact) mass is 340 g/mol. The molecular formula is C20H28N4O. The van der Waals surface area contributed by atoms with Crippen molar-refractivity contribution in [3.05, 3.63) is 24.5 Å². The zero-order valence-corrected chi connectivity index (χ0v) is 14.9. The number of rotatable bonds is 3. The molecule has 4 rings (SSSR count).